The minimum Gasteiger partial charge on any atom is -0.494 e. The van der Waals surface area contributed by atoms with Gasteiger partial charge in [0.1, 0.15) is 40.8 Å². The van der Waals surface area contributed by atoms with E-state index in [0.29, 0.717) is 108 Å². The van der Waals surface area contributed by atoms with Crippen molar-refractivity contribution in [2.45, 2.75) is 102 Å². The van der Waals surface area contributed by atoms with Crippen molar-refractivity contribution in [1.29, 1.82) is 0 Å². The Morgan fingerprint density at radius 2 is 1.36 bits per heavy atom. The average Bonchev–Trinajstić information content (AvgIpc) is 3.25. The Bertz CT molecular complexity index is 3070. The van der Waals surface area contributed by atoms with Gasteiger partial charge in [-0.05, 0) is 92.7 Å². The van der Waals surface area contributed by atoms with Crippen molar-refractivity contribution < 1.29 is 61.9 Å². The van der Waals surface area contributed by atoms with Crippen LogP contribution in [0.5, 0.6) is 5.75 Å². The largest absolute Gasteiger partial charge is 0.494 e. The second-order valence-corrected chi connectivity index (χ2v) is 23.5. The molecular weight excluding hydrogens is 1160 g/mol. The van der Waals surface area contributed by atoms with E-state index in [2.05, 4.69) is 60.8 Å². The number of ether oxygens (including phenoxy) is 7. The summed E-state index contributed by atoms with van der Waals surface area (Å²) in [6.45, 7) is 6.40. The normalized spacial score (nSPS) is 15.7. The molecule has 1 aliphatic heterocycles. The maximum atomic E-state index is 14.3. The topological polar surface area (TPSA) is 259 Å². The maximum absolute atomic E-state index is 14.3. The van der Waals surface area contributed by atoms with Gasteiger partial charge in [0.2, 0.25) is 23.6 Å². The second kappa shape index (κ2) is 35.8. The van der Waals surface area contributed by atoms with Crippen LogP contribution in [0.3, 0.4) is 0 Å². The van der Waals surface area contributed by atoms with Crippen LogP contribution in [0, 0.1) is 5.92 Å². The molecule has 3 heterocycles. The molecule has 2 saturated carbocycles. The number of likely N-dealkylation sites (N-methyl/N-ethyl adjacent to an activating group) is 2. The molecule has 3 atom stereocenters. The van der Waals surface area contributed by atoms with Gasteiger partial charge in [-0.3, -0.25) is 34.1 Å². The number of rotatable bonds is 37. The third-order valence-corrected chi connectivity index (χ3v) is 16.9. The monoisotopic (exact) mass is 1250 g/mol. The Balaban J connectivity index is 0.626. The van der Waals surface area contributed by atoms with E-state index in [1.165, 1.54) is 18.4 Å². The number of methoxy groups -OCH3 is 1. The van der Waals surface area contributed by atoms with Crippen LogP contribution in [0.15, 0.2) is 91.1 Å². The fraction of sp³-hybridized carbons (Fsp3) is 0.515. The lowest BCUT2D eigenvalue weighted by molar-refractivity contribution is -0.142. The molecule has 3 aliphatic rings. The van der Waals surface area contributed by atoms with Crippen LogP contribution in [0.2, 0.25) is 0 Å². The number of benzene rings is 3. The minimum atomic E-state index is -0.737. The lowest BCUT2D eigenvalue weighted by Crippen LogP contribution is -2.57. The predicted molar refractivity (Wildman–Crippen MR) is 339 cm³/mol. The van der Waals surface area contributed by atoms with E-state index < -0.39 is 24.0 Å². The highest BCUT2D eigenvalue weighted by molar-refractivity contribution is 7.20. The van der Waals surface area contributed by atoms with Crippen LogP contribution in [-0.2, 0) is 65.4 Å². The molecule has 5 aromatic rings. The highest BCUT2D eigenvalue weighted by Gasteiger charge is 2.41. The van der Waals surface area contributed by atoms with Gasteiger partial charge < -0.3 is 64.2 Å². The molecule has 5 N–H and O–H groups in total. The molecule has 0 bridgehead atoms. The number of hydrogen-bond acceptors (Lipinski definition) is 17. The number of likely N-dealkylation sites (tertiary alicyclic amines) is 1. The quantitative estimate of drug-likeness (QED) is 0.0250. The molecule has 2 aromatic heterocycles. The molecule has 480 valence electrons. The third kappa shape index (κ3) is 21.2. The van der Waals surface area contributed by atoms with Crippen LogP contribution in [0.1, 0.15) is 97.8 Å². The zero-order valence-electron chi connectivity index (χ0n) is 51.7. The number of nitrogens with one attached hydrogen (secondary N) is 5. The molecule has 6 amide bonds. The molecule has 8 rings (SSSR count). The van der Waals surface area contributed by atoms with Crippen molar-refractivity contribution >= 4 is 56.9 Å². The van der Waals surface area contributed by atoms with Gasteiger partial charge in [-0.25, -0.2) is 9.97 Å². The highest BCUT2D eigenvalue weighted by atomic mass is 32.1. The summed E-state index contributed by atoms with van der Waals surface area (Å²) >= 11 is 1.12. The molecule has 89 heavy (non-hydrogen) atoms. The van der Waals surface area contributed by atoms with Gasteiger partial charge in [0.25, 0.3) is 11.8 Å². The Morgan fingerprint density at radius 3 is 2.01 bits per heavy atom. The van der Waals surface area contributed by atoms with E-state index in [4.69, 9.17) is 33.2 Å². The lowest BCUT2D eigenvalue weighted by Gasteiger charge is -2.35. The Labute approximate surface area is 525 Å². The van der Waals surface area contributed by atoms with Crippen LogP contribution in [0.4, 0.5) is 10.1 Å². The van der Waals surface area contributed by atoms with Crippen molar-refractivity contribution in [3.05, 3.63) is 114 Å². The molecule has 22 nitrogen and oxygen atoms in total. The number of hydrogen-bond donors (Lipinski definition) is 5. The molecule has 23 heteroatoms. The van der Waals surface area contributed by atoms with E-state index in [0.717, 1.165) is 71.3 Å². The smallest absolute Gasteiger partial charge is 0.270 e. The van der Waals surface area contributed by atoms with E-state index >= 15 is 0 Å². The molecule has 1 saturated heterocycles. The first-order chi connectivity index (χ1) is 43.4. The van der Waals surface area contributed by atoms with E-state index in [-0.39, 0.29) is 79.1 Å². The number of anilines is 2. The molecule has 3 fully saturated rings. The average molecular weight is 1250 g/mol. The molecule has 3 aromatic carbocycles. The Hall–Kier alpha value is -7.22. The fourth-order valence-corrected chi connectivity index (χ4v) is 11.6. The van der Waals surface area contributed by atoms with Gasteiger partial charge in [-0.2, -0.15) is 0 Å². The first-order valence-electron chi connectivity index (χ1n) is 31.0. The van der Waals surface area contributed by atoms with Gasteiger partial charge in [0.15, 0.2) is 5.13 Å². The highest BCUT2D eigenvalue weighted by Crippen LogP contribution is 2.41. The van der Waals surface area contributed by atoms with Crippen molar-refractivity contribution in [2.75, 3.05) is 124 Å². The van der Waals surface area contributed by atoms with Crippen LogP contribution in [-0.4, -0.2) is 187 Å². The number of carbonyl (C=O) groups excluding carboxylic acids is 6. The van der Waals surface area contributed by atoms with Crippen LogP contribution < -0.4 is 31.3 Å². The number of carbonyl (C=O) groups is 6. The summed E-state index contributed by atoms with van der Waals surface area (Å²) in [4.78, 5) is 92.9. The SMILES string of the molecule is CN[C@@H](C)C(=O)N[C@H](C(=O)N1CCC[C@H]1C(=O)Nc1sc(NC(=O)COCCOCCOCCOCCOCCOCCN(C)C(=O)Cc2cccc(CNC(=O)c3cc(-c4ccc(C5CC5)cc4)c(OC)cn3)c2)nc1-c1ccccc1)C1CCCCC1. The minimum absolute atomic E-state index is 0.00338. The molecule has 0 radical (unpaired) electrons. The third-order valence-electron chi connectivity index (χ3n) is 16.0. The standard InChI is InChI=1S/C66H87N9O13S/c1-45(67-2)61(78)71-60(52-17-9-6-10-18-52)65(81)75-26-12-19-55(75)63(80)73-64-59(51-15-7-5-8-16-51)72-66(89-64)70-57(76)44-88-38-37-87-36-35-86-34-33-85-32-31-84-30-29-83-28-27-74(3)58(77)40-46-13-11-14-47(39-46)42-69-62(79)54-41-53(56(82-4)43-68-54)50-24-22-49(23-25-50)48-20-21-48/h5,7-8,11,13-16,22-25,39,41,43,45,48,52,55,60,67H,6,9-10,12,17-21,26-38,40,42,44H2,1-4H3,(H,69,79)(H,71,78)(H,73,80)(H,70,72,76)/t45-,55-,60-/m0/s1. The van der Waals surface area contributed by atoms with E-state index in [9.17, 15) is 28.8 Å². The van der Waals surface area contributed by atoms with Crippen LogP contribution in [0.25, 0.3) is 22.4 Å². The summed E-state index contributed by atoms with van der Waals surface area (Å²) in [6, 6.07) is 25.2. The lowest BCUT2D eigenvalue weighted by atomic mass is 9.83. The van der Waals surface area contributed by atoms with Gasteiger partial charge in [0.05, 0.1) is 98.4 Å². The molecule has 0 spiro atoms. The predicted octanol–water partition coefficient (Wildman–Crippen LogP) is 7.03. The number of pyridine rings is 1. The van der Waals surface area contributed by atoms with Gasteiger partial charge in [-0.15, -0.1) is 0 Å². The van der Waals surface area contributed by atoms with Crippen LogP contribution >= 0.6 is 11.3 Å². The van der Waals surface area contributed by atoms with Gasteiger partial charge in [-0.1, -0.05) is 109 Å². The molecule has 2 aliphatic carbocycles. The number of aromatic nitrogens is 2. The zero-order valence-corrected chi connectivity index (χ0v) is 52.5. The van der Waals surface area contributed by atoms with E-state index in [1.807, 2.05) is 54.6 Å². The summed E-state index contributed by atoms with van der Waals surface area (Å²) in [6.07, 6.45) is 10.1. The number of amides is 6. The fourth-order valence-electron chi connectivity index (χ4n) is 10.7. The zero-order chi connectivity index (χ0) is 62.7. The van der Waals surface area contributed by atoms with Crippen molar-refractivity contribution in [3.8, 4) is 28.1 Å². The first-order valence-corrected chi connectivity index (χ1v) is 31.9. The molecule has 0 unspecified atom stereocenters. The summed E-state index contributed by atoms with van der Waals surface area (Å²) in [5.41, 5.74) is 6.31. The Kier molecular flexibility index (Phi) is 27.3. The summed E-state index contributed by atoms with van der Waals surface area (Å²) in [5.74, 6) is -0.372. The summed E-state index contributed by atoms with van der Waals surface area (Å²) in [5, 5.41) is 15.5. The number of thiazole rings is 1. The maximum Gasteiger partial charge on any atom is 0.270 e. The van der Waals surface area contributed by atoms with Gasteiger partial charge in [0, 0.05) is 37.8 Å². The van der Waals surface area contributed by atoms with Crippen molar-refractivity contribution in [1.82, 2.24) is 35.7 Å². The van der Waals surface area contributed by atoms with Crippen molar-refractivity contribution in [3.63, 3.8) is 0 Å². The second-order valence-electron chi connectivity index (χ2n) is 22.5. The summed E-state index contributed by atoms with van der Waals surface area (Å²) < 4.78 is 39.2. The first kappa shape index (κ1) is 67.7. The van der Waals surface area contributed by atoms with Gasteiger partial charge >= 0.3 is 0 Å². The number of nitrogens with zero attached hydrogens (tertiary/aromatic N) is 4. The summed E-state index contributed by atoms with van der Waals surface area (Å²) in [7, 11) is 5.04. The molecular formula is C66H87N9O13S. The van der Waals surface area contributed by atoms with Crippen molar-refractivity contribution in [2.24, 2.45) is 5.92 Å². The van der Waals surface area contributed by atoms with E-state index in [1.54, 1.807) is 50.2 Å². The Morgan fingerprint density at radius 1 is 0.708 bits per heavy atom.